The Hall–Kier alpha value is -2.13. The van der Waals surface area contributed by atoms with Crippen molar-refractivity contribution in [2.45, 2.75) is 11.8 Å². The molecule has 1 amide bonds. The van der Waals surface area contributed by atoms with E-state index >= 15 is 0 Å². The van der Waals surface area contributed by atoms with E-state index in [9.17, 15) is 13.2 Å². The fourth-order valence-corrected chi connectivity index (χ4v) is 4.60. The minimum atomic E-state index is -3.74. The van der Waals surface area contributed by atoms with E-state index < -0.39 is 10.0 Å². The Morgan fingerprint density at radius 3 is 2.34 bits per heavy atom. The van der Waals surface area contributed by atoms with Gasteiger partial charge in [-0.25, -0.2) is 13.1 Å². The maximum absolute atomic E-state index is 12.8. The minimum absolute atomic E-state index is 0.118. The number of hydrogen-bond acceptors (Lipinski definition) is 5. The average molecular weight is 437 g/mol. The number of carbonyl (C=O) groups excluding carboxylic acids is 1. The molecule has 1 aliphatic heterocycles. The van der Waals surface area contributed by atoms with E-state index in [1.165, 1.54) is 6.07 Å². The Morgan fingerprint density at radius 1 is 1.07 bits per heavy atom. The number of amides is 1. The molecular weight excluding hydrogens is 412 g/mol. The van der Waals surface area contributed by atoms with E-state index in [1.54, 1.807) is 43.3 Å². The van der Waals surface area contributed by atoms with Gasteiger partial charge in [0.15, 0.2) is 0 Å². The molecule has 1 saturated heterocycles. The number of nitrogens with one attached hydrogen (secondary N) is 2. The highest BCUT2D eigenvalue weighted by Gasteiger charge is 2.25. The molecule has 0 atom stereocenters. The Morgan fingerprint density at radius 2 is 1.72 bits per heavy atom. The average Bonchev–Trinajstić information content (AvgIpc) is 2.70. The zero-order chi connectivity index (χ0) is 21.0. The number of carbonyl (C=O) groups is 1. The SMILES string of the molecule is CCNS(=O)(=O)c1cc(C(=O)Nc2ccc(Cl)cc2)ccc1N1CCN(C)CC1. The lowest BCUT2D eigenvalue weighted by Gasteiger charge is -2.35. The molecule has 2 aromatic rings. The van der Waals surface area contributed by atoms with Crippen LogP contribution in [0, 0.1) is 0 Å². The van der Waals surface area contributed by atoms with E-state index in [2.05, 4.69) is 14.9 Å². The van der Waals surface area contributed by atoms with Gasteiger partial charge in [0.25, 0.3) is 5.91 Å². The zero-order valence-corrected chi connectivity index (χ0v) is 18.1. The number of sulfonamides is 1. The number of halogens is 1. The van der Waals surface area contributed by atoms with E-state index in [4.69, 9.17) is 11.6 Å². The summed E-state index contributed by atoms with van der Waals surface area (Å²) >= 11 is 5.87. The maximum Gasteiger partial charge on any atom is 0.255 e. The van der Waals surface area contributed by atoms with Crippen molar-refractivity contribution in [1.29, 1.82) is 0 Å². The Kier molecular flexibility index (Phi) is 6.79. The van der Waals surface area contributed by atoms with Gasteiger partial charge in [0, 0.05) is 49.0 Å². The van der Waals surface area contributed by atoms with E-state index in [1.807, 2.05) is 11.9 Å². The molecule has 7 nitrogen and oxygen atoms in total. The van der Waals surface area contributed by atoms with Gasteiger partial charge in [-0.15, -0.1) is 0 Å². The van der Waals surface area contributed by atoms with Crippen molar-refractivity contribution >= 4 is 38.9 Å². The third-order valence-corrected chi connectivity index (χ3v) is 6.62. The fourth-order valence-electron chi connectivity index (χ4n) is 3.18. The molecule has 0 unspecified atom stereocenters. The second-order valence-corrected chi connectivity index (χ2v) is 9.11. The van der Waals surface area contributed by atoms with Crippen LogP contribution >= 0.6 is 11.6 Å². The minimum Gasteiger partial charge on any atom is -0.368 e. The summed E-state index contributed by atoms with van der Waals surface area (Å²) < 4.78 is 28.2. The van der Waals surface area contributed by atoms with Gasteiger partial charge in [-0.3, -0.25) is 4.79 Å². The molecule has 0 aromatic heterocycles. The number of benzene rings is 2. The summed E-state index contributed by atoms with van der Waals surface area (Å²) in [6.45, 7) is 5.14. The number of rotatable bonds is 6. The lowest BCUT2D eigenvalue weighted by Crippen LogP contribution is -2.45. The van der Waals surface area contributed by atoms with Crippen LogP contribution in [0.3, 0.4) is 0 Å². The summed E-state index contributed by atoms with van der Waals surface area (Å²) in [5.41, 5.74) is 1.47. The highest BCUT2D eigenvalue weighted by atomic mass is 35.5. The standard InChI is InChI=1S/C20H25ClN4O3S/c1-3-22-29(27,28)19-14-15(20(26)23-17-7-5-16(21)6-8-17)4-9-18(19)25-12-10-24(2)11-13-25/h4-9,14,22H,3,10-13H2,1-2H3,(H,23,26). The van der Waals surface area contributed by atoms with Crippen molar-refractivity contribution in [1.82, 2.24) is 9.62 Å². The number of piperazine rings is 1. The molecule has 2 aromatic carbocycles. The van der Waals surface area contributed by atoms with Crippen LogP contribution in [0.1, 0.15) is 17.3 Å². The molecule has 9 heteroatoms. The summed E-state index contributed by atoms with van der Waals surface area (Å²) in [6, 6.07) is 11.5. The van der Waals surface area contributed by atoms with Crippen molar-refractivity contribution in [3.8, 4) is 0 Å². The number of hydrogen-bond donors (Lipinski definition) is 2. The van der Waals surface area contributed by atoms with Crippen LogP contribution in [-0.4, -0.2) is 59.0 Å². The maximum atomic E-state index is 12.8. The molecule has 3 rings (SSSR count). The Labute approximate surface area is 176 Å². The first-order valence-corrected chi connectivity index (χ1v) is 11.3. The predicted molar refractivity (Wildman–Crippen MR) is 116 cm³/mol. The Balaban J connectivity index is 1.93. The van der Waals surface area contributed by atoms with Crippen molar-refractivity contribution in [3.63, 3.8) is 0 Å². The van der Waals surface area contributed by atoms with Gasteiger partial charge in [-0.05, 0) is 49.5 Å². The molecule has 1 fully saturated rings. The lowest BCUT2D eigenvalue weighted by atomic mass is 10.1. The highest BCUT2D eigenvalue weighted by Crippen LogP contribution is 2.28. The van der Waals surface area contributed by atoms with Gasteiger partial charge >= 0.3 is 0 Å². The van der Waals surface area contributed by atoms with Gasteiger partial charge in [0.2, 0.25) is 10.0 Å². The van der Waals surface area contributed by atoms with Gasteiger partial charge < -0.3 is 15.1 Å². The zero-order valence-electron chi connectivity index (χ0n) is 16.5. The molecule has 29 heavy (non-hydrogen) atoms. The smallest absolute Gasteiger partial charge is 0.255 e. The molecule has 0 saturated carbocycles. The molecule has 156 valence electrons. The van der Waals surface area contributed by atoms with Crippen LogP contribution in [0.2, 0.25) is 5.02 Å². The molecule has 0 spiro atoms. The molecule has 0 bridgehead atoms. The van der Waals surface area contributed by atoms with Gasteiger partial charge in [-0.2, -0.15) is 0 Å². The van der Waals surface area contributed by atoms with Crippen molar-refractivity contribution in [2.24, 2.45) is 0 Å². The molecular formula is C20H25ClN4O3S. The normalized spacial score (nSPS) is 15.3. The van der Waals surface area contributed by atoms with Crippen LogP contribution in [0.15, 0.2) is 47.4 Å². The largest absolute Gasteiger partial charge is 0.368 e. The van der Waals surface area contributed by atoms with Crippen LogP contribution in [0.25, 0.3) is 0 Å². The molecule has 2 N–H and O–H groups in total. The van der Waals surface area contributed by atoms with E-state index in [0.717, 1.165) is 26.2 Å². The predicted octanol–water partition coefficient (Wildman–Crippen LogP) is 2.64. The van der Waals surface area contributed by atoms with E-state index in [-0.39, 0.29) is 22.9 Å². The monoisotopic (exact) mass is 436 g/mol. The highest BCUT2D eigenvalue weighted by molar-refractivity contribution is 7.89. The van der Waals surface area contributed by atoms with Crippen molar-refractivity contribution < 1.29 is 13.2 Å². The molecule has 1 heterocycles. The summed E-state index contributed by atoms with van der Waals surface area (Å²) in [5.74, 6) is -0.384. The Bertz CT molecular complexity index is 972. The van der Waals surface area contributed by atoms with Crippen molar-refractivity contribution in [3.05, 3.63) is 53.1 Å². The third kappa shape index (κ3) is 5.27. The summed E-state index contributed by atoms with van der Waals surface area (Å²) in [5, 5.41) is 3.34. The number of anilines is 2. The molecule has 0 radical (unpaired) electrons. The van der Waals surface area contributed by atoms with E-state index in [0.29, 0.717) is 16.4 Å². The van der Waals surface area contributed by atoms with Crippen LogP contribution < -0.4 is 14.9 Å². The van der Waals surface area contributed by atoms with Crippen LogP contribution in [0.5, 0.6) is 0 Å². The molecule has 0 aliphatic carbocycles. The first-order chi connectivity index (χ1) is 13.8. The van der Waals surface area contributed by atoms with Gasteiger partial charge in [-0.1, -0.05) is 18.5 Å². The summed E-state index contributed by atoms with van der Waals surface area (Å²) in [6.07, 6.45) is 0. The van der Waals surface area contributed by atoms with Crippen LogP contribution in [-0.2, 0) is 10.0 Å². The molecule has 1 aliphatic rings. The first-order valence-electron chi connectivity index (χ1n) is 9.44. The van der Waals surface area contributed by atoms with Gasteiger partial charge in [0.1, 0.15) is 4.90 Å². The number of nitrogens with zero attached hydrogens (tertiary/aromatic N) is 2. The first kappa shape index (κ1) is 21.6. The number of likely N-dealkylation sites (N-methyl/N-ethyl adjacent to an activating group) is 1. The lowest BCUT2D eigenvalue weighted by molar-refractivity contribution is 0.102. The van der Waals surface area contributed by atoms with Crippen molar-refractivity contribution in [2.75, 3.05) is 50.0 Å². The topological polar surface area (TPSA) is 81.7 Å². The van der Waals surface area contributed by atoms with Crippen LogP contribution in [0.4, 0.5) is 11.4 Å². The summed E-state index contributed by atoms with van der Waals surface area (Å²) in [7, 11) is -1.70. The quantitative estimate of drug-likeness (QED) is 0.727. The summed E-state index contributed by atoms with van der Waals surface area (Å²) in [4.78, 5) is 17.0. The second kappa shape index (κ2) is 9.13. The van der Waals surface area contributed by atoms with Gasteiger partial charge in [0.05, 0.1) is 5.69 Å². The second-order valence-electron chi connectivity index (χ2n) is 6.94. The third-order valence-electron chi connectivity index (χ3n) is 4.79. The fraction of sp³-hybridized carbons (Fsp3) is 0.350.